The van der Waals surface area contributed by atoms with Crippen LogP contribution in [0.3, 0.4) is 0 Å². The maximum Gasteiger partial charge on any atom is 0.352 e. The third kappa shape index (κ3) is 3.99. The van der Waals surface area contributed by atoms with Crippen LogP contribution in [0, 0.1) is 5.82 Å². The lowest BCUT2D eigenvalue weighted by atomic mass is 10.1. The molecule has 4 nitrogen and oxygen atoms in total. The van der Waals surface area contributed by atoms with Crippen LogP contribution >= 0.6 is 11.6 Å². The van der Waals surface area contributed by atoms with Crippen molar-refractivity contribution in [2.75, 3.05) is 0 Å². The summed E-state index contributed by atoms with van der Waals surface area (Å²) in [4.78, 5) is 12.1. The molecule has 2 aromatic carbocycles. The lowest BCUT2D eigenvalue weighted by molar-refractivity contribution is 0.0684. The Morgan fingerprint density at radius 3 is 2.70 bits per heavy atom. The van der Waals surface area contributed by atoms with Gasteiger partial charge < -0.3 is 15.0 Å². The molecule has 0 bridgehead atoms. The molecule has 0 saturated heterocycles. The second-order valence-corrected chi connectivity index (χ2v) is 7.07. The fourth-order valence-electron chi connectivity index (χ4n) is 3.20. The first-order valence-electron chi connectivity index (χ1n) is 8.93. The summed E-state index contributed by atoms with van der Waals surface area (Å²) in [5.74, 6) is -1.41. The Balaban J connectivity index is 2.13. The van der Waals surface area contributed by atoms with Gasteiger partial charge in [-0.3, -0.25) is 0 Å². The van der Waals surface area contributed by atoms with Crippen molar-refractivity contribution >= 4 is 28.5 Å². The van der Waals surface area contributed by atoms with Crippen LogP contribution in [0.1, 0.15) is 41.9 Å². The molecule has 6 heteroatoms. The second-order valence-electron chi connectivity index (χ2n) is 6.66. The lowest BCUT2D eigenvalue weighted by Crippen LogP contribution is -2.25. The van der Waals surface area contributed by atoms with Gasteiger partial charge in [-0.1, -0.05) is 42.8 Å². The van der Waals surface area contributed by atoms with Gasteiger partial charge in [-0.2, -0.15) is 0 Å². The van der Waals surface area contributed by atoms with E-state index in [0.29, 0.717) is 12.1 Å². The lowest BCUT2D eigenvalue weighted by Gasteiger charge is -2.13. The van der Waals surface area contributed by atoms with E-state index in [1.54, 1.807) is 10.6 Å². The highest BCUT2D eigenvalue weighted by molar-refractivity contribution is 6.31. The number of hydrogen-bond donors (Lipinski definition) is 2. The van der Waals surface area contributed by atoms with Crippen LogP contribution in [0.5, 0.6) is 0 Å². The highest BCUT2D eigenvalue weighted by Gasteiger charge is 2.23. The number of para-hydroxylation sites is 1. The number of halogens is 2. The molecule has 142 valence electrons. The number of aromatic carboxylic acids is 1. The van der Waals surface area contributed by atoms with E-state index < -0.39 is 11.8 Å². The molecule has 0 spiro atoms. The minimum atomic E-state index is -0.995. The first kappa shape index (κ1) is 19.4. The molecule has 0 radical (unpaired) electrons. The summed E-state index contributed by atoms with van der Waals surface area (Å²) >= 11 is 6.18. The number of rotatable bonds is 7. The average Bonchev–Trinajstić information content (AvgIpc) is 2.96. The molecule has 2 N–H and O–H groups in total. The smallest absolute Gasteiger partial charge is 0.352 e. The summed E-state index contributed by atoms with van der Waals surface area (Å²) in [5, 5.41) is 14.5. The summed E-state index contributed by atoms with van der Waals surface area (Å²) in [7, 11) is 0. The molecule has 1 heterocycles. The standard InChI is InChI=1S/C21H22ClFN2O2/c1-3-13(2)24-11-17-16-6-4-5-7-19(16)25(20(17)21(26)27)12-14-8-9-15(23)10-18(14)22/h4-10,13,24H,3,11-12H2,1-2H3,(H,26,27). The molecule has 0 amide bonds. The number of benzene rings is 2. The maximum absolute atomic E-state index is 13.4. The van der Waals surface area contributed by atoms with E-state index in [9.17, 15) is 14.3 Å². The highest BCUT2D eigenvalue weighted by atomic mass is 35.5. The molecule has 27 heavy (non-hydrogen) atoms. The highest BCUT2D eigenvalue weighted by Crippen LogP contribution is 2.29. The minimum Gasteiger partial charge on any atom is -0.477 e. The van der Waals surface area contributed by atoms with Gasteiger partial charge in [-0.25, -0.2) is 9.18 Å². The number of fused-ring (bicyclic) bond motifs is 1. The number of carbonyl (C=O) groups is 1. The summed E-state index contributed by atoms with van der Waals surface area (Å²) in [6, 6.07) is 12.0. The van der Waals surface area contributed by atoms with E-state index in [1.165, 1.54) is 12.1 Å². The molecule has 1 unspecified atom stereocenters. The number of carboxylic acid groups (broad SMARTS) is 1. The maximum atomic E-state index is 13.4. The Morgan fingerprint density at radius 1 is 1.30 bits per heavy atom. The molecule has 0 aliphatic heterocycles. The zero-order valence-electron chi connectivity index (χ0n) is 15.3. The Bertz CT molecular complexity index is 984. The summed E-state index contributed by atoms with van der Waals surface area (Å²) in [6.45, 7) is 4.86. The first-order chi connectivity index (χ1) is 12.9. The molecular weight excluding hydrogens is 367 g/mol. The number of hydrogen-bond acceptors (Lipinski definition) is 2. The first-order valence-corrected chi connectivity index (χ1v) is 9.30. The molecule has 1 atom stereocenters. The van der Waals surface area contributed by atoms with Crippen molar-refractivity contribution in [3.63, 3.8) is 0 Å². The fourth-order valence-corrected chi connectivity index (χ4v) is 3.43. The number of nitrogens with zero attached hydrogens (tertiary/aromatic N) is 1. The zero-order valence-corrected chi connectivity index (χ0v) is 16.1. The number of carboxylic acids is 1. The number of nitrogens with one attached hydrogen (secondary N) is 1. The predicted molar refractivity (Wildman–Crippen MR) is 106 cm³/mol. The molecule has 0 fully saturated rings. The Kier molecular flexibility index (Phi) is 5.82. The largest absolute Gasteiger partial charge is 0.477 e. The van der Waals surface area contributed by atoms with Crippen LogP contribution < -0.4 is 5.32 Å². The van der Waals surface area contributed by atoms with Gasteiger partial charge in [0, 0.05) is 40.6 Å². The van der Waals surface area contributed by atoms with E-state index in [2.05, 4.69) is 19.2 Å². The zero-order chi connectivity index (χ0) is 19.6. The summed E-state index contributed by atoms with van der Waals surface area (Å²) in [6.07, 6.45) is 0.951. The molecule has 1 aromatic heterocycles. The van der Waals surface area contributed by atoms with Crippen molar-refractivity contribution in [2.45, 2.75) is 39.4 Å². The molecular formula is C21H22ClFN2O2. The van der Waals surface area contributed by atoms with Crippen LogP contribution in [-0.2, 0) is 13.1 Å². The van der Waals surface area contributed by atoms with E-state index >= 15 is 0 Å². The van der Waals surface area contributed by atoms with E-state index in [4.69, 9.17) is 11.6 Å². The molecule has 0 aliphatic carbocycles. The van der Waals surface area contributed by atoms with Gasteiger partial charge in [0.05, 0.1) is 0 Å². The monoisotopic (exact) mass is 388 g/mol. The van der Waals surface area contributed by atoms with Gasteiger partial charge in [0.2, 0.25) is 0 Å². The Morgan fingerprint density at radius 2 is 2.04 bits per heavy atom. The van der Waals surface area contributed by atoms with Gasteiger partial charge in [-0.05, 0) is 37.1 Å². The van der Waals surface area contributed by atoms with Crippen LogP contribution in [-0.4, -0.2) is 21.7 Å². The SMILES string of the molecule is CCC(C)NCc1c(C(=O)O)n(Cc2ccc(F)cc2Cl)c2ccccc12. The Labute approximate surface area is 162 Å². The predicted octanol–water partition coefficient (Wildman–Crippen LogP) is 5.07. The average molecular weight is 389 g/mol. The molecule has 0 saturated carbocycles. The van der Waals surface area contributed by atoms with Gasteiger partial charge in [0.1, 0.15) is 11.5 Å². The van der Waals surface area contributed by atoms with Crippen LogP contribution in [0.4, 0.5) is 4.39 Å². The third-order valence-electron chi connectivity index (χ3n) is 4.86. The van der Waals surface area contributed by atoms with Crippen LogP contribution in [0.15, 0.2) is 42.5 Å². The molecule has 3 aromatic rings. The van der Waals surface area contributed by atoms with Crippen molar-refractivity contribution < 1.29 is 14.3 Å². The Hall–Kier alpha value is -2.37. The van der Waals surface area contributed by atoms with Crippen molar-refractivity contribution in [1.82, 2.24) is 9.88 Å². The van der Waals surface area contributed by atoms with Crippen molar-refractivity contribution in [2.24, 2.45) is 0 Å². The van der Waals surface area contributed by atoms with Crippen molar-refractivity contribution in [3.8, 4) is 0 Å². The molecule has 3 rings (SSSR count). The number of aromatic nitrogens is 1. The van der Waals surface area contributed by atoms with Gasteiger partial charge >= 0.3 is 5.97 Å². The second kappa shape index (κ2) is 8.11. The minimum absolute atomic E-state index is 0.229. The molecule has 0 aliphatic rings. The van der Waals surface area contributed by atoms with Gasteiger partial charge in [0.25, 0.3) is 0 Å². The van der Waals surface area contributed by atoms with E-state index in [1.807, 2.05) is 24.3 Å². The van der Waals surface area contributed by atoms with Crippen molar-refractivity contribution in [3.05, 3.63) is 70.1 Å². The third-order valence-corrected chi connectivity index (χ3v) is 5.21. The van der Waals surface area contributed by atoms with E-state index in [-0.39, 0.29) is 23.3 Å². The fraction of sp³-hybridized carbons (Fsp3) is 0.286. The van der Waals surface area contributed by atoms with Crippen molar-refractivity contribution in [1.29, 1.82) is 0 Å². The topological polar surface area (TPSA) is 54.3 Å². The van der Waals surface area contributed by atoms with Crippen LogP contribution in [0.2, 0.25) is 5.02 Å². The summed E-state index contributed by atoms with van der Waals surface area (Å²) < 4.78 is 15.1. The summed E-state index contributed by atoms with van der Waals surface area (Å²) in [5.41, 5.74) is 2.46. The quantitative estimate of drug-likeness (QED) is 0.594. The van der Waals surface area contributed by atoms with Crippen LogP contribution in [0.25, 0.3) is 10.9 Å². The normalized spacial score (nSPS) is 12.4. The van der Waals surface area contributed by atoms with Gasteiger partial charge in [0.15, 0.2) is 0 Å². The van der Waals surface area contributed by atoms with E-state index in [0.717, 1.165) is 22.9 Å². The van der Waals surface area contributed by atoms with Gasteiger partial charge in [-0.15, -0.1) is 0 Å².